The second-order valence-corrected chi connectivity index (χ2v) is 5.75. The Morgan fingerprint density at radius 1 is 1.04 bits per heavy atom. The molecule has 1 heterocycles. The van der Waals surface area contributed by atoms with Crippen molar-refractivity contribution >= 4 is 16.9 Å². The molecule has 0 aliphatic rings. The minimum absolute atomic E-state index is 0.248. The molecule has 0 unspecified atom stereocenters. The van der Waals surface area contributed by atoms with Gasteiger partial charge in [0.1, 0.15) is 22.8 Å². The first-order chi connectivity index (χ1) is 12.5. The molecule has 0 saturated carbocycles. The lowest BCUT2D eigenvalue weighted by Gasteiger charge is -2.11. The molecular weight excluding hydrogens is 336 g/mol. The Kier molecular flexibility index (Phi) is 4.93. The quantitative estimate of drug-likeness (QED) is 0.397. The first-order valence-corrected chi connectivity index (χ1v) is 7.99. The highest BCUT2D eigenvalue weighted by atomic mass is 16.6. The van der Waals surface area contributed by atoms with Crippen LogP contribution in [0.15, 0.2) is 51.7 Å². The van der Waals surface area contributed by atoms with Crippen molar-refractivity contribution in [3.05, 3.63) is 64.0 Å². The highest BCUT2D eigenvalue weighted by Gasteiger charge is 2.13. The predicted molar refractivity (Wildman–Crippen MR) is 96.1 cm³/mol. The molecular formula is C20H18O6. The smallest absolute Gasteiger partial charge is 0.349 e. The fourth-order valence-electron chi connectivity index (χ4n) is 2.58. The molecule has 0 bridgehead atoms. The largest absolute Gasteiger partial charge is 0.497 e. The van der Waals surface area contributed by atoms with Gasteiger partial charge in [0.05, 0.1) is 7.11 Å². The number of carbonyl (C=O) groups is 1. The molecule has 0 saturated heterocycles. The molecule has 0 aliphatic carbocycles. The Labute approximate surface area is 149 Å². The van der Waals surface area contributed by atoms with Crippen LogP contribution in [0.1, 0.15) is 11.1 Å². The van der Waals surface area contributed by atoms with Gasteiger partial charge in [0.2, 0.25) is 0 Å². The van der Waals surface area contributed by atoms with Gasteiger partial charge in [-0.15, -0.1) is 0 Å². The Morgan fingerprint density at radius 3 is 2.42 bits per heavy atom. The van der Waals surface area contributed by atoms with Gasteiger partial charge in [-0.25, -0.2) is 9.59 Å². The Hall–Kier alpha value is -3.28. The van der Waals surface area contributed by atoms with Crippen LogP contribution in [-0.4, -0.2) is 19.7 Å². The van der Waals surface area contributed by atoms with Crippen LogP contribution in [0.4, 0.5) is 0 Å². The number of hydrogen-bond donors (Lipinski definition) is 0. The number of esters is 1. The van der Waals surface area contributed by atoms with Gasteiger partial charge in [0, 0.05) is 17.0 Å². The van der Waals surface area contributed by atoms with Gasteiger partial charge in [-0.2, -0.15) is 0 Å². The van der Waals surface area contributed by atoms with Crippen LogP contribution in [0.5, 0.6) is 17.2 Å². The topological polar surface area (TPSA) is 75.0 Å². The van der Waals surface area contributed by atoms with E-state index in [2.05, 4.69) is 0 Å². The minimum atomic E-state index is -0.557. The Morgan fingerprint density at radius 2 is 1.73 bits per heavy atom. The average molecular weight is 354 g/mol. The normalized spacial score (nSPS) is 10.6. The summed E-state index contributed by atoms with van der Waals surface area (Å²) in [6.45, 7) is 3.31. The molecule has 3 rings (SSSR count). The van der Waals surface area contributed by atoms with Crippen molar-refractivity contribution in [3.8, 4) is 17.2 Å². The summed E-state index contributed by atoms with van der Waals surface area (Å²) in [5.74, 6) is 0.996. The zero-order valence-electron chi connectivity index (χ0n) is 14.7. The molecule has 2 aromatic carbocycles. The molecule has 0 spiro atoms. The molecule has 1 aromatic heterocycles. The van der Waals surface area contributed by atoms with Crippen LogP contribution in [-0.2, 0) is 4.79 Å². The zero-order chi connectivity index (χ0) is 18.7. The number of benzene rings is 2. The summed E-state index contributed by atoms with van der Waals surface area (Å²) in [5.41, 5.74) is 1.36. The Balaban J connectivity index is 1.72. The lowest BCUT2D eigenvalue weighted by Crippen LogP contribution is -2.18. The first kappa shape index (κ1) is 17.5. The van der Waals surface area contributed by atoms with Crippen LogP contribution >= 0.6 is 0 Å². The van der Waals surface area contributed by atoms with Gasteiger partial charge >= 0.3 is 11.6 Å². The summed E-state index contributed by atoms with van der Waals surface area (Å²) in [7, 11) is 1.57. The molecule has 134 valence electrons. The van der Waals surface area contributed by atoms with Crippen molar-refractivity contribution in [2.75, 3.05) is 13.7 Å². The monoisotopic (exact) mass is 354 g/mol. The third-order valence-corrected chi connectivity index (χ3v) is 3.96. The zero-order valence-corrected chi connectivity index (χ0v) is 14.7. The lowest BCUT2D eigenvalue weighted by atomic mass is 10.1. The number of fused-ring (bicyclic) bond motifs is 1. The summed E-state index contributed by atoms with van der Waals surface area (Å²) >= 11 is 0. The van der Waals surface area contributed by atoms with E-state index in [9.17, 15) is 9.59 Å². The van der Waals surface area contributed by atoms with Crippen molar-refractivity contribution < 1.29 is 23.4 Å². The van der Waals surface area contributed by atoms with E-state index in [1.807, 2.05) is 6.92 Å². The van der Waals surface area contributed by atoms with Gasteiger partial charge in [-0.3, -0.25) is 0 Å². The molecule has 0 radical (unpaired) electrons. The van der Waals surface area contributed by atoms with Gasteiger partial charge in [0.25, 0.3) is 0 Å². The van der Waals surface area contributed by atoms with Crippen molar-refractivity contribution in [2.45, 2.75) is 13.8 Å². The van der Waals surface area contributed by atoms with E-state index >= 15 is 0 Å². The molecule has 6 heteroatoms. The van der Waals surface area contributed by atoms with E-state index in [0.717, 1.165) is 10.9 Å². The molecule has 3 aromatic rings. The van der Waals surface area contributed by atoms with E-state index in [1.165, 1.54) is 6.07 Å². The molecule has 0 aliphatic heterocycles. The van der Waals surface area contributed by atoms with Crippen molar-refractivity contribution in [3.63, 3.8) is 0 Å². The number of rotatable bonds is 5. The van der Waals surface area contributed by atoms with E-state index < -0.39 is 11.6 Å². The van der Waals surface area contributed by atoms with E-state index in [0.29, 0.717) is 28.4 Å². The van der Waals surface area contributed by atoms with Crippen molar-refractivity contribution in [1.82, 2.24) is 0 Å². The second kappa shape index (κ2) is 7.31. The predicted octanol–water partition coefficient (Wildman–Crippen LogP) is 3.40. The molecule has 0 atom stereocenters. The highest BCUT2D eigenvalue weighted by Crippen LogP contribution is 2.28. The van der Waals surface area contributed by atoms with Gasteiger partial charge in [0.15, 0.2) is 6.61 Å². The second-order valence-electron chi connectivity index (χ2n) is 5.75. The molecule has 6 nitrogen and oxygen atoms in total. The van der Waals surface area contributed by atoms with Crippen LogP contribution in [0.2, 0.25) is 0 Å². The number of hydrogen-bond acceptors (Lipinski definition) is 6. The summed E-state index contributed by atoms with van der Waals surface area (Å²) < 4.78 is 21.1. The highest BCUT2D eigenvalue weighted by molar-refractivity contribution is 5.86. The first-order valence-electron chi connectivity index (χ1n) is 7.99. The fourth-order valence-corrected chi connectivity index (χ4v) is 2.58. The average Bonchev–Trinajstić information content (AvgIpc) is 2.63. The van der Waals surface area contributed by atoms with Crippen molar-refractivity contribution in [1.29, 1.82) is 0 Å². The number of aryl methyl sites for hydroxylation is 2. The summed E-state index contributed by atoms with van der Waals surface area (Å²) in [5, 5.41) is 0.802. The minimum Gasteiger partial charge on any atom is -0.497 e. The van der Waals surface area contributed by atoms with Crippen LogP contribution in [0, 0.1) is 13.8 Å². The molecule has 0 amide bonds. The van der Waals surface area contributed by atoms with Crippen molar-refractivity contribution in [2.24, 2.45) is 0 Å². The van der Waals surface area contributed by atoms with E-state index in [1.54, 1.807) is 50.4 Å². The van der Waals surface area contributed by atoms with Gasteiger partial charge in [-0.05, 0) is 55.8 Å². The lowest BCUT2D eigenvalue weighted by molar-refractivity contribution is -0.136. The molecule has 0 fully saturated rings. The summed E-state index contributed by atoms with van der Waals surface area (Å²) in [6.07, 6.45) is 0. The number of carbonyl (C=O) groups excluding carboxylic acids is 1. The third kappa shape index (κ3) is 3.69. The van der Waals surface area contributed by atoms with Gasteiger partial charge in [-0.1, -0.05) is 0 Å². The van der Waals surface area contributed by atoms with Crippen LogP contribution in [0.3, 0.4) is 0 Å². The number of methoxy groups -OCH3 is 1. The number of ether oxygens (including phenoxy) is 3. The van der Waals surface area contributed by atoms with Gasteiger partial charge < -0.3 is 18.6 Å². The van der Waals surface area contributed by atoms with E-state index in [-0.39, 0.29) is 6.61 Å². The molecule has 0 N–H and O–H groups in total. The van der Waals surface area contributed by atoms with Crippen LogP contribution < -0.4 is 19.8 Å². The fraction of sp³-hybridized carbons (Fsp3) is 0.200. The standard InChI is InChI=1S/C20H18O6/c1-12-10-18(21)26-20-13(2)17(9-8-16(12)20)25-19(22)11-24-15-6-4-14(23-3)5-7-15/h4-10H,11H2,1-3H3. The maximum Gasteiger partial charge on any atom is 0.349 e. The van der Waals surface area contributed by atoms with Crippen LogP contribution in [0.25, 0.3) is 11.0 Å². The Bertz CT molecular complexity index is 1000. The maximum atomic E-state index is 12.1. The summed E-state index contributed by atoms with van der Waals surface area (Å²) in [4.78, 5) is 23.7. The maximum absolute atomic E-state index is 12.1. The summed E-state index contributed by atoms with van der Waals surface area (Å²) in [6, 6.07) is 11.7. The van der Waals surface area contributed by atoms with E-state index in [4.69, 9.17) is 18.6 Å². The third-order valence-electron chi connectivity index (χ3n) is 3.96. The SMILES string of the molecule is COc1ccc(OCC(=O)Oc2ccc3c(C)cc(=O)oc3c2C)cc1. The molecule has 26 heavy (non-hydrogen) atoms.